The molecule has 2 aromatic rings. The number of hydrogen-bond acceptors (Lipinski definition) is 3. The maximum absolute atomic E-state index is 11.2. The molecule has 0 aliphatic carbocycles. The number of aromatic amines is 2. The molecule has 0 amide bonds. The van der Waals surface area contributed by atoms with Gasteiger partial charge in [-0.15, -0.1) is 0 Å². The van der Waals surface area contributed by atoms with Crippen molar-refractivity contribution >= 4 is 22.5 Å². The van der Waals surface area contributed by atoms with E-state index in [-0.39, 0.29) is 21.7 Å². The molecule has 0 atom stereocenters. The van der Waals surface area contributed by atoms with Gasteiger partial charge in [0.25, 0.3) is 5.56 Å². The summed E-state index contributed by atoms with van der Waals surface area (Å²) in [7, 11) is 0. The van der Waals surface area contributed by atoms with Crippen LogP contribution >= 0.6 is 11.6 Å². The van der Waals surface area contributed by atoms with Crippen LogP contribution in [0.5, 0.6) is 5.75 Å². The first-order valence-electron chi connectivity index (χ1n) is 3.73. The van der Waals surface area contributed by atoms with Gasteiger partial charge >= 0.3 is 5.69 Å². The normalized spacial score (nSPS) is 10.6. The van der Waals surface area contributed by atoms with E-state index in [1.165, 1.54) is 12.1 Å². The average molecular weight is 213 g/mol. The minimum Gasteiger partial charge on any atom is -0.504 e. The average Bonchev–Trinajstić information content (AvgIpc) is 2.12. The summed E-state index contributed by atoms with van der Waals surface area (Å²) in [6, 6.07) is 2.80. The van der Waals surface area contributed by atoms with Crippen LogP contribution in [0.15, 0.2) is 21.7 Å². The maximum Gasteiger partial charge on any atom is 0.326 e. The first-order chi connectivity index (χ1) is 6.59. The van der Waals surface area contributed by atoms with E-state index < -0.39 is 11.2 Å². The van der Waals surface area contributed by atoms with Gasteiger partial charge in [-0.3, -0.25) is 9.78 Å². The van der Waals surface area contributed by atoms with Crippen molar-refractivity contribution < 1.29 is 5.11 Å². The minimum atomic E-state index is -0.680. The van der Waals surface area contributed by atoms with Crippen molar-refractivity contribution in [3.8, 4) is 5.75 Å². The number of aromatic nitrogens is 2. The summed E-state index contributed by atoms with van der Waals surface area (Å²) >= 11 is 5.61. The van der Waals surface area contributed by atoms with Gasteiger partial charge in [-0.05, 0) is 12.1 Å². The molecule has 0 unspecified atom stereocenters. The molecule has 1 aromatic carbocycles. The predicted molar refractivity (Wildman–Crippen MR) is 51.9 cm³/mol. The fraction of sp³-hybridized carbons (Fsp3) is 0. The molecule has 0 aliphatic rings. The number of fused-ring (bicyclic) bond motifs is 1. The van der Waals surface area contributed by atoms with E-state index in [9.17, 15) is 14.7 Å². The zero-order valence-electron chi connectivity index (χ0n) is 6.80. The molecule has 0 aliphatic heterocycles. The molecule has 5 nitrogen and oxygen atoms in total. The molecule has 2 rings (SSSR count). The smallest absolute Gasteiger partial charge is 0.326 e. The van der Waals surface area contributed by atoms with Crippen molar-refractivity contribution in [3.63, 3.8) is 0 Å². The lowest BCUT2D eigenvalue weighted by molar-refractivity contribution is 0.480. The number of rotatable bonds is 0. The fourth-order valence-electron chi connectivity index (χ4n) is 1.20. The third kappa shape index (κ3) is 1.18. The Hall–Kier alpha value is -1.75. The summed E-state index contributed by atoms with van der Waals surface area (Å²) < 4.78 is 0. The third-order valence-electron chi connectivity index (χ3n) is 1.84. The molecule has 72 valence electrons. The third-order valence-corrected chi connectivity index (χ3v) is 2.14. The first-order valence-corrected chi connectivity index (χ1v) is 4.11. The lowest BCUT2D eigenvalue weighted by Crippen LogP contribution is -2.21. The quantitative estimate of drug-likeness (QED) is 0.597. The maximum atomic E-state index is 11.2. The molecular formula is C8H5ClN2O3. The fourth-order valence-corrected chi connectivity index (χ4v) is 1.35. The van der Waals surface area contributed by atoms with E-state index in [1.807, 2.05) is 4.98 Å². The topological polar surface area (TPSA) is 85.9 Å². The first kappa shape index (κ1) is 8.83. The second-order valence-corrected chi connectivity index (χ2v) is 3.13. The Labute approximate surface area is 82.0 Å². The summed E-state index contributed by atoms with van der Waals surface area (Å²) in [4.78, 5) is 26.5. The lowest BCUT2D eigenvalue weighted by Gasteiger charge is -2.00. The molecule has 0 radical (unpaired) electrons. The summed E-state index contributed by atoms with van der Waals surface area (Å²) in [5, 5.41) is 9.72. The molecule has 14 heavy (non-hydrogen) atoms. The van der Waals surface area contributed by atoms with E-state index in [0.717, 1.165) is 0 Å². The number of phenols is 1. The minimum absolute atomic E-state index is 0.0475. The van der Waals surface area contributed by atoms with E-state index in [0.29, 0.717) is 0 Å². The van der Waals surface area contributed by atoms with Crippen molar-refractivity contribution in [2.45, 2.75) is 0 Å². The Bertz CT molecular complexity index is 614. The molecule has 3 N–H and O–H groups in total. The van der Waals surface area contributed by atoms with Gasteiger partial charge in [-0.25, -0.2) is 4.79 Å². The number of halogens is 1. The highest BCUT2D eigenvalue weighted by Crippen LogP contribution is 2.28. The summed E-state index contributed by atoms with van der Waals surface area (Å²) in [6.45, 7) is 0. The van der Waals surface area contributed by atoms with Crippen LogP contribution in [-0.4, -0.2) is 15.1 Å². The van der Waals surface area contributed by atoms with Crippen LogP contribution in [0, 0.1) is 0 Å². The Kier molecular flexibility index (Phi) is 1.82. The summed E-state index contributed by atoms with van der Waals surface area (Å²) in [6.07, 6.45) is 0. The largest absolute Gasteiger partial charge is 0.504 e. The van der Waals surface area contributed by atoms with E-state index in [4.69, 9.17) is 11.6 Å². The molecular weight excluding hydrogens is 208 g/mol. The van der Waals surface area contributed by atoms with E-state index >= 15 is 0 Å². The Morgan fingerprint density at radius 2 is 1.93 bits per heavy atom. The molecule has 0 fully saturated rings. The Balaban J connectivity index is 3.10. The van der Waals surface area contributed by atoms with Crippen LogP contribution in [0.25, 0.3) is 10.9 Å². The predicted octanol–water partition coefficient (Wildman–Crippen LogP) is 0.575. The monoisotopic (exact) mass is 212 g/mol. The number of hydrogen-bond donors (Lipinski definition) is 3. The van der Waals surface area contributed by atoms with Gasteiger partial charge in [-0.2, -0.15) is 0 Å². The molecule has 1 heterocycles. The van der Waals surface area contributed by atoms with Gasteiger partial charge in [0.1, 0.15) is 0 Å². The van der Waals surface area contributed by atoms with Crippen LogP contribution in [0.4, 0.5) is 0 Å². The van der Waals surface area contributed by atoms with Crippen molar-refractivity contribution in [1.29, 1.82) is 0 Å². The van der Waals surface area contributed by atoms with Gasteiger partial charge < -0.3 is 10.1 Å². The number of nitrogens with one attached hydrogen (secondary N) is 2. The highest BCUT2D eigenvalue weighted by Gasteiger charge is 2.07. The summed E-state index contributed by atoms with van der Waals surface area (Å²) in [5.74, 6) is -0.299. The van der Waals surface area contributed by atoms with Crippen molar-refractivity contribution in [2.24, 2.45) is 0 Å². The van der Waals surface area contributed by atoms with Crippen molar-refractivity contribution in [2.75, 3.05) is 0 Å². The van der Waals surface area contributed by atoms with Crippen LogP contribution in [0.3, 0.4) is 0 Å². The standard InChI is InChI=1S/C8H5ClN2O3/c9-4-2-1-3-5(6(4)12)10-8(14)11-7(3)13/h1-2,12H,(H2,10,11,13,14). The van der Waals surface area contributed by atoms with Crippen LogP contribution < -0.4 is 11.2 Å². The second-order valence-electron chi connectivity index (χ2n) is 2.73. The zero-order valence-corrected chi connectivity index (χ0v) is 7.55. The molecule has 0 saturated carbocycles. The summed E-state index contributed by atoms with van der Waals surface area (Å²) in [5.41, 5.74) is -1.19. The number of phenolic OH excluding ortho intramolecular Hbond substituents is 1. The van der Waals surface area contributed by atoms with Crippen LogP contribution in [0.1, 0.15) is 0 Å². The highest BCUT2D eigenvalue weighted by molar-refractivity contribution is 6.33. The van der Waals surface area contributed by atoms with Gasteiger partial charge in [0.05, 0.1) is 15.9 Å². The zero-order chi connectivity index (χ0) is 10.3. The Morgan fingerprint density at radius 3 is 2.64 bits per heavy atom. The van der Waals surface area contributed by atoms with Gasteiger partial charge in [-0.1, -0.05) is 11.6 Å². The van der Waals surface area contributed by atoms with Crippen LogP contribution in [-0.2, 0) is 0 Å². The molecule has 0 bridgehead atoms. The highest BCUT2D eigenvalue weighted by atomic mass is 35.5. The molecule has 0 spiro atoms. The number of H-pyrrole nitrogens is 2. The van der Waals surface area contributed by atoms with Crippen LogP contribution in [0.2, 0.25) is 5.02 Å². The molecule has 0 saturated heterocycles. The van der Waals surface area contributed by atoms with Gasteiger partial charge in [0, 0.05) is 0 Å². The lowest BCUT2D eigenvalue weighted by atomic mass is 10.2. The number of aromatic hydroxyl groups is 1. The Morgan fingerprint density at radius 1 is 1.21 bits per heavy atom. The second kappa shape index (κ2) is 2.88. The SMILES string of the molecule is O=c1[nH]c(=O)c2ccc(Cl)c(O)c2[nH]1. The molecule has 6 heteroatoms. The van der Waals surface area contributed by atoms with Crippen molar-refractivity contribution in [3.05, 3.63) is 38.0 Å². The number of benzene rings is 1. The van der Waals surface area contributed by atoms with Gasteiger partial charge in [0.2, 0.25) is 0 Å². The van der Waals surface area contributed by atoms with Gasteiger partial charge in [0.15, 0.2) is 5.75 Å². The van der Waals surface area contributed by atoms with E-state index in [1.54, 1.807) is 0 Å². The molecule has 1 aromatic heterocycles. The van der Waals surface area contributed by atoms with Crippen molar-refractivity contribution in [1.82, 2.24) is 9.97 Å². The van der Waals surface area contributed by atoms with E-state index in [2.05, 4.69) is 4.98 Å².